The Balaban J connectivity index is 0.00000357. The van der Waals surface area contributed by atoms with Crippen molar-refractivity contribution in [3.05, 3.63) is 93.5 Å². The van der Waals surface area contributed by atoms with Crippen molar-refractivity contribution in [3.63, 3.8) is 0 Å². The maximum Gasteiger partial charge on any atom is 0.193 e. The quantitative estimate of drug-likeness (QED) is 0.273. The van der Waals surface area contributed by atoms with Crippen LogP contribution in [0.15, 0.2) is 59.8 Å². The number of aromatic nitrogens is 3. The van der Waals surface area contributed by atoms with Gasteiger partial charge in [0.15, 0.2) is 5.43 Å². The van der Waals surface area contributed by atoms with Gasteiger partial charge in [0.25, 0.3) is 0 Å². The highest BCUT2D eigenvalue weighted by atomic mass is 35.5. The van der Waals surface area contributed by atoms with Crippen molar-refractivity contribution in [2.45, 2.75) is 77.2 Å². The monoisotopic (exact) mass is 632 g/mol. The molecule has 7 rings (SSSR count). The number of aliphatic hydroxyl groups excluding tert-OH is 1. The minimum Gasteiger partial charge on any atom is -0.391 e. The molecule has 0 bridgehead atoms. The van der Waals surface area contributed by atoms with Gasteiger partial charge in [0, 0.05) is 86.1 Å². The molecule has 1 saturated carbocycles. The molecular weight excluding hydrogens is 591 g/mol. The number of pyridine rings is 3. The largest absolute Gasteiger partial charge is 0.391 e. The fraction of sp³-hybridized carbons (Fsp3) is 0.457. The summed E-state index contributed by atoms with van der Waals surface area (Å²) >= 11 is 0. The molecule has 3 aromatic heterocycles. The van der Waals surface area contributed by atoms with Crippen molar-refractivity contribution in [1.82, 2.24) is 19.4 Å². The lowest BCUT2D eigenvalue weighted by molar-refractivity contribution is 0.158. The summed E-state index contributed by atoms with van der Waals surface area (Å²) in [5.74, 6) is -0.401. The highest BCUT2D eigenvalue weighted by Crippen LogP contribution is 2.39. The third-order valence-corrected chi connectivity index (χ3v) is 9.51. The van der Waals surface area contributed by atoms with Crippen molar-refractivity contribution >= 4 is 34.7 Å². The zero-order valence-corrected chi connectivity index (χ0v) is 26.8. The molecule has 4 aromatic rings. The van der Waals surface area contributed by atoms with Gasteiger partial charge in [0.1, 0.15) is 5.82 Å². The van der Waals surface area contributed by atoms with Gasteiger partial charge in [-0.05, 0) is 87.9 Å². The Morgan fingerprint density at radius 1 is 0.956 bits per heavy atom. The predicted octanol–water partition coefficient (Wildman–Crippen LogP) is 5.55. The number of hydrogen-bond acceptors (Lipinski definition) is 7. The molecule has 1 aromatic carbocycles. The van der Waals surface area contributed by atoms with E-state index in [4.69, 9.17) is 0 Å². The van der Waals surface area contributed by atoms with E-state index >= 15 is 4.39 Å². The molecule has 1 N–H and O–H groups in total. The van der Waals surface area contributed by atoms with Gasteiger partial charge in [-0.3, -0.25) is 19.7 Å². The zero-order valence-electron chi connectivity index (χ0n) is 26.0. The standard InChI is InChI=1S/C35H41FN6O2.ClH/c1-23-5-6-28(17-38-23)39-12-3-4-29(21-39)41(18-25-9-11-37-24(2)14-25)19-26-20-42(27-7-8-27)33-16-34(40-13-10-30(43)22-40)32(36)15-31(33)35(26)44;/h5-6,9,11,14-17,20,27,29-30,43H,3-4,7-8,10,12-13,18-19,21-22H2,1-2H3;1H/t29-,30-;/m0./s1. The van der Waals surface area contributed by atoms with Crippen LogP contribution in [0.5, 0.6) is 0 Å². The fourth-order valence-corrected chi connectivity index (χ4v) is 6.99. The summed E-state index contributed by atoms with van der Waals surface area (Å²) in [5.41, 5.74) is 6.11. The Morgan fingerprint density at radius 3 is 2.51 bits per heavy atom. The van der Waals surface area contributed by atoms with Gasteiger partial charge in [-0.25, -0.2) is 4.39 Å². The molecule has 0 radical (unpaired) electrons. The van der Waals surface area contributed by atoms with Crippen molar-refractivity contribution in [2.24, 2.45) is 0 Å². The second-order valence-corrected chi connectivity index (χ2v) is 12.9. The molecule has 2 atom stereocenters. The van der Waals surface area contributed by atoms with Crippen molar-refractivity contribution in [1.29, 1.82) is 0 Å². The van der Waals surface area contributed by atoms with E-state index in [2.05, 4.69) is 48.6 Å². The van der Waals surface area contributed by atoms with E-state index in [-0.39, 0.29) is 23.9 Å². The van der Waals surface area contributed by atoms with Crippen LogP contribution in [0.3, 0.4) is 0 Å². The zero-order chi connectivity index (χ0) is 30.4. The summed E-state index contributed by atoms with van der Waals surface area (Å²) in [7, 11) is 0. The molecule has 5 heterocycles. The Labute approximate surface area is 269 Å². The summed E-state index contributed by atoms with van der Waals surface area (Å²) in [6, 6.07) is 12.2. The third kappa shape index (κ3) is 6.71. The van der Waals surface area contributed by atoms with Gasteiger partial charge in [0.2, 0.25) is 0 Å². The third-order valence-electron chi connectivity index (χ3n) is 9.51. The van der Waals surface area contributed by atoms with Crippen molar-refractivity contribution in [3.8, 4) is 0 Å². The number of benzene rings is 1. The molecule has 0 spiro atoms. The van der Waals surface area contributed by atoms with Crippen molar-refractivity contribution in [2.75, 3.05) is 36.0 Å². The van der Waals surface area contributed by atoms with E-state index in [0.717, 1.165) is 61.4 Å². The predicted molar refractivity (Wildman–Crippen MR) is 179 cm³/mol. The molecule has 0 amide bonds. The first-order chi connectivity index (χ1) is 21.3. The maximum atomic E-state index is 15.6. The van der Waals surface area contributed by atoms with E-state index in [1.165, 1.54) is 11.6 Å². The van der Waals surface area contributed by atoms with Crippen LogP contribution in [0.4, 0.5) is 15.8 Å². The highest BCUT2D eigenvalue weighted by Gasteiger charge is 2.31. The number of aryl methyl sites for hydroxylation is 2. The number of hydrogen-bond donors (Lipinski definition) is 1. The van der Waals surface area contributed by atoms with Crippen LogP contribution < -0.4 is 15.2 Å². The SMILES string of the molecule is Cc1ccc(N2CCC[C@H](N(Cc3ccnc(C)c3)Cc3cn(C4CC4)c4cc(N5CC[C@H](O)C5)c(F)cc4c3=O)C2)cn1.Cl. The Bertz CT molecular complexity index is 1730. The van der Waals surface area contributed by atoms with Crippen LogP contribution in [-0.2, 0) is 13.1 Å². The average Bonchev–Trinajstić information content (AvgIpc) is 3.78. The second-order valence-electron chi connectivity index (χ2n) is 12.9. The summed E-state index contributed by atoms with van der Waals surface area (Å²) in [5, 5.41) is 10.5. The van der Waals surface area contributed by atoms with Gasteiger partial charge in [-0.2, -0.15) is 0 Å². The fourth-order valence-electron chi connectivity index (χ4n) is 6.99. The van der Waals surface area contributed by atoms with Gasteiger partial charge < -0.3 is 19.5 Å². The lowest BCUT2D eigenvalue weighted by Gasteiger charge is -2.40. The average molecular weight is 633 g/mol. The lowest BCUT2D eigenvalue weighted by Crippen LogP contribution is -2.48. The molecule has 1 aliphatic carbocycles. The van der Waals surface area contributed by atoms with Crippen LogP contribution in [0.1, 0.15) is 60.7 Å². The van der Waals surface area contributed by atoms with Crippen LogP contribution in [0, 0.1) is 19.7 Å². The number of fused-ring (bicyclic) bond motifs is 1. The number of rotatable bonds is 8. The van der Waals surface area contributed by atoms with E-state index < -0.39 is 11.9 Å². The number of halogens is 2. The van der Waals surface area contributed by atoms with Gasteiger partial charge in [-0.1, -0.05) is 0 Å². The number of aliphatic hydroxyl groups is 1. The van der Waals surface area contributed by atoms with E-state index in [0.29, 0.717) is 55.3 Å². The normalized spacial score (nSPS) is 20.2. The highest BCUT2D eigenvalue weighted by molar-refractivity contribution is 5.85. The number of nitrogens with zero attached hydrogens (tertiary/aromatic N) is 6. The summed E-state index contributed by atoms with van der Waals surface area (Å²) in [6.45, 7) is 8.02. The van der Waals surface area contributed by atoms with Crippen LogP contribution >= 0.6 is 12.4 Å². The minimum atomic E-state index is -0.453. The Hall–Kier alpha value is -3.53. The molecule has 0 unspecified atom stereocenters. The molecule has 238 valence electrons. The minimum absolute atomic E-state index is 0. The van der Waals surface area contributed by atoms with E-state index in [1.807, 2.05) is 43.4 Å². The smallest absolute Gasteiger partial charge is 0.193 e. The number of β-amino-alcohol motifs (C(OH)–C–C–N with tert-alkyl or cyclic N) is 1. The molecule has 2 saturated heterocycles. The molecule has 2 aliphatic heterocycles. The van der Waals surface area contributed by atoms with Gasteiger partial charge >= 0.3 is 0 Å². The summed E-state index contributed by atoms with van der Waals surface area (Å²) in [4.78, 5) is 29.8. The Kier molecular flexibility index (Phi) is 9.13. The van der Waals surface area contributed by atoms with Crippen LogP contribution in [0.2, 0.25) is 0 Å². The molecule has 10 heteroatoms. The molecular formula is C35H42ClFN6O2. The van der Waals surface area contributed by atoms with Crippen LogP contribution in [-0.4, -0.2) is 62.9 Å². The topological polar surface area (TPSA) is 77.7 Å². The second kappa shape index (κ2) is 13.1. The van der Waals surface area contributed by atoms with Gasteiger partial charge in [-0.15, -0.1) is 12.4 Å². The summed E-state index contributed by atoms with van der Waals surface area (Å²) < 4.78 is 17.8. The van der Waals surface area contributed by atoms with Gasteiger partial charge in [0.05, 0.1) is 29.2 Å². The lowest BCUT2D eigenvalue weighted by atomic mass is 10.0. The molecule has 8 nitrogen and oxygen atoms in total. The molecule has 45 heavy (non-hydrogen) atoms. The van der Waals surface area contributed by atoms with Crippen LogP contribution in [0.25, 0.3) is 10.9 Å². The maximum absolute atomic E-state index is 15.6. The number of piperidine rings is 1. The first-order valence-electron chi connectivity index (χ1n) is 16.0. The molecule has 3 aliphatic rings. The van der Waals surface area contributed by atoms with E-state index in [9.17, 15) is 9.90 Å². The van der Waals surface area contributed by atoms with Crippen molar-refractivity contribution < 1.29 is 9.50 Å². The molecule has 3 fully saturated rings. The summed E-state index contributed by atoms with van der Waals surface area (Å²) in [6.07, 6.45) is 10.2. The first kappa shape index (κ1) is 31.5. The Morgan fingerprint density at radius 2 is 1.80 bits per heavy atom. The first-order valence-corrected chi connectivity index (χ1v) is 16.0. The van der Waals surface area contributed by atoms with E-state index in [1.54, 1.807) is 0 Å². The number of anilines is 2.